The second kappa shape index (κ2) is 9.62. The number of nitrogens with zero attached hydrogens (tertiary/aromatic N) is 1. The van der Waals surface area contributed by atoms with Crippen molar-refractivity contribution >= 4 is 17.4 Å². The zero-order chi connectivity index (χ0) is 19.9. The van der Waals surface area contributed by atoms with Gasteiger partial charge in [0.25, 0.3) is 0 Å². The fourth-order valence-electron chi connectivity index (χ4n) is 3.37. The summed E-state index contributed by atoms with van der Waals surface area (Å²) in [7, 11) is 0. The molecule has 1 saturated heterocycles. The third-order valence-electron chi connectivity index (χ3n) is 5.11. The van der Waals surface area contributed by atoms with Crippen LogP contribution in [0.3, 0.4) is 0 Å². The number of nitrogens with one attached hydrogen (secondary N) is 1. The minimum atomic E-state index is -0.513. The molecule has 28 heavy (non-hydrogen) atoms. The van der Waals surface area contributed by atoms with Gasteiger partial charge in [-0.25, -0.2) is 0 Å². The molecule has 0 spiro atoms. The predicted molar refractivity (Wildman–Crippen MR) is 111 cm³/mol. The van der Waals surface area contributed by atoms with Crippen molar-refractivity contribution in [2.45, 2.75) is 32.2 Å². The number of para-hydroxylation sites is 1. The van der Waals surface area contributed by atoms with Crippen molar-refractivity contribution in [1.82, 2.24) is 4.90 Å². The van der Waals surface area contributed by atoms with E-state index in [4.69, 9.17) is 4.74 Å². The first kappa shape index (κ1) is 20.2. The summed E-state index contributed by atoms with van der Waals surface area (Å²) in [6.45, 7) is 6.69. The van der Waals surface area contributed by atoms with E-state index >= 15 is 0 Å². The Balaban J connectivity index is 1.74. The molecule has 1 unspecified atom stereocenters. The fourth-order valence-corrected chi connectivity index (χ4v) is 3.37. The third kappa shape index (κ3) is 5.27. The highest BCUT2D eigenvalue weighted by Gasteiger charge is 2.30. The molecule has 1 N–H and O–H groups in total. The molecule has 1 heterocycles. The standard InChI is InChI=1S/C23H28N2O3/c1-17(2)18-8-10-19(11-9-18)22(26)16-21(25-12-14-28-15-13-25)23(27)24-20-6-4-3-5-7-20/h3-11,17,21H,12-16H2,1-2H3,(H,24,27). The summed E-state index contributed by atoms with van der Waals surface area (Å²) in [5, 5.41) is 2.95. The molecule has 0 aliphatic carbocycles. The van der Waals surface area contributed by atoms with Gasteiger partial charge in [0, 0.05) is 30.8 Å². The Morgan fingerprint density at radius 1 is 1.00 bits per heavy atom. The lowest BCUT2D eigenvalue weighted by molar-refractivity contribution is -0.123. The van der Waals surface area contributed by atoms with Crippen molar-refractivity contribution in [1.29, 1.82) is 0 Å². The second-order valence-corrected chi connectivity index (χ2v) is 7.42. The van der Waals surface area contributed by atoms with Gasteiger partial charge in [-0.2, -0.15) is 0 Å². The molecule has 0 aromatic heterocycles. The Kier molecular flexibility index (Phi) is 6.95. The number of amides is 1. The lowest BCUT2D eigenvalue weighted by Gasteiger charge is -2.33. The Labute approximate surface area is 166 Å². The average molecular weight is 380 g/mol. The van der Waals surface area contributed by atoms with Crippen LogP contribution < -0.4 is 5.32 Å². The second-order valence-electron chi connectivity index (χ2n) is 7.42. The first-order valence-corrected chi connectivity index (χ1v) is 9.85. The van der Waals surface area contributed by atoms with E-state index in [-0.39, 0.29) is 18.1 Å². The Bertz CT molecular complexity index is 781. The number of carbonyl (C=O) groups excluding carboxylic acids is 2. The zero-order valence-electron chi connectivity index (χ0n) is 16.6. The quantitative estimate of drug-likeness (QED) is 0.744. The van der Waals surface area contributed by atoms with Gasteiger partial charge in [0.15, 0.2) is 5.78 Å². The summed E-state index contributed by atoms with van der Waals surface area (Å²) in [5.41, 5.74) is 2.58. The maximum absolute atomic E-state index is 13.0. The molecule has 148 valence electrons. The topological polar surface area (TPSA) is 58.6 Å². The average Bonchev–Trinajstić information content (AvgIpc) is 2.73. The highest BCUT2D eigenvalue weighted by atomic mass is 16.5. The number of carbonyl (C=O) groups is 2. The molecular formula is C23H28N2O3. The number of morpholine rings is 1. The molecule has 1 atom stereocenters. The van der Waals surface area contributed by atoms with E-state index in [2.05, 4.69) is 19.2 Å². The molecule has 0 saturated carbocycles. The minimum Gasteiger partial charge on any atom is -0.379 e. The van der Waals surface area contributed by atoms with Gasteiger partial charge in [-0.15, -0.1) is 0 Å². The molecule has 1 amide bonds. The van der Waals surface area contributed by atoms with E-state index in [1.54, 1.807) is 0 Å². The number of ketones is 1. The maximum atomic E-state index is 13.0. The smallest absolute Gasteiger partial charge is 0.242 e. The summed E-state index contributed by atoms with van der Waals surface area (Å²) < 4.78 is 5.41. The fraction of sp³-hybridized carbons (Fsp3) is 0.391. The molecule has 1 aliphatic heterocycles. The van der Waals surface area contributed by atoms with Crippen LogP contribution in [0.2, 0.25) is 0 Å². The lowest BCUT2D eigenvalue weighted by Crippen LogP contribution is -2.50. The summed E-state index contributed by atoms with van der Waals surface area (Å²) in [5.74, 6) is 0.247. The Hall–Kier alpha value is -2.50. The van der Waals surface area contributed by atoms with Crippen LogP contribution in [0.1, 0.15) is 42.1 Å². The number of ether oxygens (including phenoxy) is 1. The highest BCUT2D eigenvalue weighted by molar-refractivity contribution is 6.02. The van der Waals surface area contributed by atoms with Crippen molar-refractivity contribution < 1.29 is 14.3 Å². The van der Waals surface area contributed by atoms with Crippen LogP contribution in [0.4, 0.5) is 5.69 Å². The lowest BCUT2D eigenvalue weighted by atomic mass is 9.97. The number of hydrogen-bond donors (Lipinski definition) is 1. The van der Waals surface area contributed by atoms with Crippen LogP contribution in [0.15, 0.2) is 54.6 Å². The molecule has 0 radical (unpaired) electrons. The highest BCUT2D eigenvalue weighted by Crippen LogP contribution is 2.18. The summed E-state index contributed by atoms with van der Waals surface area (Å²) in [6.07, 6.45) is 0.152. The largest absolute Gasteiger partial charge is 0.379 e. The van der Waals surface area contributed by atoms with Gasteiger partial charge in [0.1, 0.15) is 0 Å². The third-order valence-corrected chi connectivity index (χ3v) is 5.11. The van der Waals surface area contributed by atoms with Gasteiger partial charge in [-0.3, -0.25) is 14.5 Å². The molecule has 2 aromatic carbocycles. The van der Waals surface area contributed by atoms with Crippen molar-refractivity contribution in [2.24, 2.45) is 0 Å². The number of rotatable bonds is 7. The van der Waals surface area contributed by atoms with Crippen LogP contribution in [-0.4, -0.2) is 48.9 Å². The molecule has 1 aliphatic rings. The van der Waals surface area contributed by atoms with E-state index < -0.39 is 6.04 Å². The normalized spacial score (nSPS) is 16.0. The SMILES string of the molecule is CC(C)c1ccc(C(=O)CC(C(=O)Nc2ccccc2)N2CCOCC2)cc1. The van der Waals surface area contributed by atoms with Crippen molar-refractivity contribution in [3.63, 3.8) is 0 Å². The molecule has 5 heteroatoms. The minimum absolute atomic E-state index is 0.0185. The van der Waals surface area contributed by atoms with Gasteiger partial charge in [0.05, 0.1) is 19.3 Å². The number of hydrogen-bond acceptors (Lipinski definition) is 4. The molecule has 2 aromatic rings. The van der Waals surface area contributed by atoms with Crippen molar-refractivity contribution in [2.75, 3.05) is 31.6 Å². The van der Waals surface area contributed by atoms with Crippen LogP contribution in [0.25, 0.3) is 0 Å². The van der Waals surface area contributed by atoms with E-state index in [9.17, 15) is 9.59 Å². The summed E-state index contributed by atoms with van der Waals surface area (Å²) in [6, 6.07) is 16.5. The van der Waals surface area contributed by atoms with Crippen molar-refractivity contribution in [3.05, 3.63) is 65.7 Å². The van der Waals surface area contributed by atoms with Gasteiger partial charge < -0.3 is 10.1 Å². The van der Waals surface area contributed by atoms with Gasteiger partial charge in [-0.1, -0.05) is 56.3 Å². The molecule has 0 bridgehead atoms. The zero-order valence-corrected chi connectivity index (χ0v) is 16.6. The van der Waals surface area contributed by atoms with E-state index in [0.717, 1.165) is 5.69 Å². The van der Waals surface area contributed by atoms with Crippen molar-refractivity contribution in [3.8, 4) is 0 Å². The molecule has 3 rings (SSSR count). The molecular weight excluding hydrogens is 352 g/mol. The number of anilines is 1. The van der Waals surface area contributed by atoms with Gasteiger partial charge in [0.2, 0.25) is 5.91 Å². The first-order chi connectivity index (χ1) is 13.5. The maximum Gasteiger partial charge on any atom is 0.242 e. The molecule has 5 nitrogen and oxygen atoms in total. The van der Waals surface area contributed by atoms with Gasteiger partial charge in [-0.05, 0) is 23.6 Å². The van der Waals surface area contributed by atoms with E-state index in [0.29, 0.717) is 37.8 Å². The molecule has 1 fully saturated rings. The predicted octanol–water partition coefficient (Wildman–Crippen LogP) is 3.72. The van der Waals surface area contributed by atoms with Crippen LogP contribution in [0, 0.1) is 0 Å². The summed E-state index contributed by atoms with van der Waals surface area (Å²) in [4.78, 5) is 27.9. The van der Waals surface area contributed by atoms with Crippen LogP contribution >= 0.6 is 0 Å². The number of Topliss-reactive ketones (excluding diaryl/α,β-unsaturated/α-hetero) is 1. The van der Waals surface area contributed by atoms with Crippen LogP contribution in [0.5, 0.6) is 0 Å². The number of benzene rings is 2. The van der Waals surface area contributed by atoms with E-state index in [1.807, 2.05) is 59.5 Å². The Morgan fingerprint density at radius 2 is 1.64 bits per heavy atom. The summed E-state index contributed by atoms with van der Waals surface area (Å²) >= 11 is 0. The van der Waals surface area contributed by atoms with E-state index in [1.165, 1.54) is 5.56 Å². The first-order valence-electron chi connectivity index (χ1n) is 9.85. The van der Waals surface area contributed by atoms with Crippen LogP contribution in [-0.2, 0) is 9.53 Å². The van der Waals surface area contributed by atoms with Gasteiger partial charge >= 0.3 is 0 Å². The Morgan fingerprint density at radius 3 is 2.25 bits per heavy atom. The monoisotopic (exact) mass is 380 g/mol.